The van der Waals surface area contributed by atoms with Gasteiger partial charge in [-0.3, -0.25) is 4.99 Å². The fourth-order valence-electron chi connectivity index (χ4n) is 1.79. The van der Waals surface area contributed by atoms with Crippen molar-refractivity contribution in [1.82, 2.24) is 4.90 Å². The molecule has 1 aromatic rings. The van der Waals surface area contributed by atoms with Gasteiger partial charge in [0.25, 0.3) is 0 Å². The summed E-state index contributed by atoms with van der Waals surface area (Å²) in [6.07, 6.45) is 0. The lowest BCUT2D eigenvalue weighted by atomic mass is 10.1. The fourth-order valence-corrected chi connectivity index (χ4v) is 3.16. The molecule has 2 aliphatic rings. The Kier molecular flexibility index (Phi) is 2.33. The summed E-state index contributed by atoms with van der Waals surface area (Å²) in [4.78, 5) is 6.72. The lowest BCUT2D eigenvalue weighted by Crippen LogP contribution is -2.19. The van der Waals surface area contributed by atoms with E-state index in [0.29, 0.717) is 0 Å². The van der Waals surface area contributed by atoms with E-state index < -0.39 is 0 Å². The fraction of sp³-hybridized carbons (Fsp3) is 0.182. The molecule has 0 fully saturated rings. The maximum atomic E-state index is 4.44. The molecule has 0 spiro atoms. The average molecular weight is 281 g/mol. The third-order valence-corrected chi connectivity index (χ3v) is 3.88. The summed E-state index contributed by atoms with van der Waals surface area (Å²) in [6.45, 7) is 1.94. The minimum Gasteiger partial charge on any atom is -0.318 e. The molecular formula is C11H9BrN2S. The van der Waals surface area contributed by atoms with Gasteiger partial charge in [0.05, 0.1) is 12.2 Å². The van der Waals surface area contributed by atoms with Crippen LogP contribution in [0.4, 0.5) is 0 Å². The SMILES string of the molecule is Brc1cccc(C2=CSC3=NCCN23)c1. The lowest BCUT2D eigenvalue weighted by Gasteiger charge is -2.16. The van der Waals surface area contributed by atoms with Crippen molar-refractivity contribution in [3.05, 3.63) is 39.7 Å². The zero-order valence-electron chi connectivity index (χ0n) is 7.98. The Morgan fingerprint density at radius 1 is 1.40 bits per heavy atom. The largest absolute Gasteiger partial charge is 0.318 e. The minimum atomic E-state index is 0.924. The van der Waals surface area contributed by atoms with E-state index in [1.807, 2.05) is 6.07 Å². The highest BCUT2D eigenvalue weighted by Gasteiger charge is 2.26. The van der Waals surface area contributed by atoms with E-state index in [0.717, 1.165) is 22.7 Å². The van der Waals surface area contributed by atoms with Crippen molar-refractivity contribution in [2.24, 2.45) is 4.99 Å². The Hall–Kier alpha value is -0.740. The second-order valence-corrected chi connectivity index (χ2v) is 5.20. The van der Waals surface area contributed by atoms with E-state index in [2.05, 4.69) is 49.4 Å². The summed E-state index contributed by atoms with van der Waals surface area (Å²) in [5.74, 6) is 0. The van der Waals surface area contributed by atoms with Gasteiger partial charge < -0.3 is 4.90 Å². The smallest absolute Gasteiger partial charge is 0.168 e. The molecule has 4 heteroatoms. The van der Waals surface area contributed by atoms with Gasteiger partial charge in [0.1, 0.15) is 0 Å². The molecule has 2 heterocycles. The number of hydrogen-bond acceptors (Lipinski definition) is 3. The first-order chi connectivity index (χ1) is 7.34. The van der Waals surface area contributed by atoms with Crippen LogP contribution in [0, 0.1) is 0 Å². The first-order valence-electron chi connectivity index (χ1n) is 4.79. The summed E-state index contributed by atoms with van der Waals surface area (Å²) >= 11 is 5.22. The monoisotopic (exact) mass is 280 g/mol. The molecule has 0 aliphatic carbocycles. The maximum absolute atomic E-state index is 4.44. The van der Waals surface area contributed by atoms with Crippen molar-refractivity contribution in [1.29, 1.82) is 0 Å². The minimum absolute atomic E-state index is 0.924. The second kappa shape index (κ2) is 3.68. The van der Waals surface area contributed by atoms with Gasteiger partial charge in [-0.25, -0.2) is 0 Å². The van der Waals surface area contributed by atoms with Crippen LogP contribution in [0.1, 0.15) is 5.56 Å². The molecule has 0 amide bonds. The lowest BCUT2D eigenvalue weighted by molar-refractivity contribution is 0.650. The predicted molar refractivity (Wildman–Crippen MR) is 68.7 cm³/mol. The Balaban J connectivity index is 1.99. The Bertz CT molecular complexity index is 467. The van der Waals surface area contributed by atoms with Crippen LogP contribution in [0.3, 0.4) is 0 Å². The second-order valence-electron chi connectivity index (χ2n) is 3.45. The van der Waals surface area contributed by atoms with E-state index in [9.17, 15) is 0 Å². The van der Waals surface area contributed by atoms with Crippen LogP contribution in [0.25, 0.3) is 5.70 Å². The van der Waals surface area contributed by atoms with Gasteiger partial charge >= 0.3 is 0 Å². The quantitative estimate of drug-likeness (QED) is 0.785. The summed E-state index contributed by atoms with van der Waals surface area (Å²) < 4.78 is 1.12. The normalized spacial score (nSPS) is 18.9. The Labute approximate surface area is 101 Å². The average Bonchev–Trinajstić information content (AvgIpc) is 2.77. The Morgan fingerprint density at radius 3 is 3.20 bits per heavy atom. The number of thioether (sulfide) groups is 1. The standard InChI is InChI=1S/C11H9BrN2S/c12-9-3-1-2-8(6-9)10-7-15-11-13-4-5-14(10)11/h1-3,6-7H,4-5H2. The predicted octanol–water partition coefficient (Wildman–Crippen LogP) is 3.17. The first-order valence-corrected chi connectivity index (χ1v) is 6.46. The zero-order chi connectivity index (χ0) is 10.3. The molecule has 2 nitrogen and oxygen atoms in total. The van der Waals surface area contributed by atoms with Crippen LogP contribution in [-0.4, -0.2) is 23.2 Å². The van der Waals surface area contributed by atoms with E-state index in [4.69, 9.17) is 0 Å². The topological polar surface area (TPSA) is 15.6 Å². The summed E-state index contributed by atoms with van der Waals surface area (Å²) in [5.41, 5.74) is 2.53. The third kappa shape index (κ3) is 1.62. The number of benzene rings is 1. The molecule has 0 N–H and O–H groups in total. The van der Waals surface area contributed by atoms with Gasteiger partial charge in [-0.05, 0) is 17.7 Å². The number of aliphatic imine (C=N–C) groups is 1. The van der Waals surface area contributed by atoms with Gasteiger partial charge in [0.2, 0.25) is 0 Å². The first kappa shape index (κ1) is 9.48. The third-order valence-electron chi connectivity index (χ3n) is 2.49. The van der Waals surface area contributed by atoms with Crippen molar-refractivity contribution in [3.63, 3.8) is 0 Å². The van der Waals surface area contributed by atoms with Gasteiger partial charge in [0, 0.05) is 16.4 Å². The van der Waals surface area contributed by atoms with Crippen LogP contribution < -0.4 is 0 Å². The van der Waals surface area contributed by atoms with Crippen molar-refractivity contribution in [2.45, 2.75) is 0 Å². The number of hydrogen-bond donors (Lipinski definition) is 0. The highest BCUT2D eigenvalue weighted by Crippen LogP contribution is 2.35. The molecule has 0 saturated heterocycles. The van der Waals surface area contributed by atoms with Crippen molar-refractivity contribution < 1.29 is 0 Å². The van der Waals surface area contributed by atoms with E-state index in [1.165, 1.54) is 11.3 Å². The molecule has 76 valence electrons. The van der Waals surface area contributed by atoms with Crippen LogP contribution in [0.5, 0.6) is 0 Å². The number of rotatable bonds is 1. The summed E-state index contributed by atoms with van der Waals surface area (Å²) in [5, 5.41) is 3.32. The van der Waals surface area contributed by atoms with Gasteiger partial charge in [-0.15, -0.1) is 0 Å². The van der Waals surface area contributed by atoms with Crippen molar-refractivity contribution in [3.8, 4) is 0 Å². The molecule has 0 aromatic heterocycles. The molecule has 2 aliphatic heterocycles. The molecule has 1 aromatic carbocycles. The van der Waals surface area contributed by atoms with Crippen molar-refractivity contribution in [2.75, 3.05) is 13.1 Å². The number of nitrogens with zero attached hydrogens (tertiary/aromatic N) is 2. The number of fused-ring (bicyclic) bond motifs is 1. The molecule has 0 saturated carbocycles. The molecule has 0 bridgehead atoms. The van der Waals surface area contributed by atoms with Gasteiger partial charge in [-0.1, -0.05) is 39.8 Å². The number of halogens is 1. The maximum Gasteiger partial charge on any atom is 0.168 e. The molecule has 0 unspecified atom stereocenters. The Morgan fingerprint density at radius 2 is 2.33 bits per heavy atom. The molecule has 15 heavy (non-hydrogen) atoms. The summed E-state index contributed by atoms with van der Waals surface area (Å²) in [6, 6.07) is 8.40. The van der Waals surface area contributed by atoms with Crippen LogP contribution in [0.15, 0.2) is 39.1 Å². The van der Waals surface area contributed by atoms with Crippen molar-refractivity contribution >= 4 is 38.6 Å². The molecule has 0 atom stereocenters. The molecule has 3 rings (SSSR count). The highest BCUT2D eigenvalue weighted by atomic mass is 79.9. The van der Waals surface area contributed by atoms with Gasteiger partial charge in [0.15, 0.2) is 5.17 Å². The number of amidine groups is 1. The van der Waals surface area contributed by atoms with Crippen LogP contribution in [-0.2, 0) is 0 Å². The van der Waals surface area contributed by atoms with E-state index >= 15 is 0 Å². The molecular weight excluding hydrogens is 272 g/mol. The van der Waals surface area contributed by atoms with E-state index in [-0.39, 0.29) is 0 Å². The highest BCUT2D eigenvalue weighted by molar-refractivity contribution is 9.10. The molecule has 0 radical (unpaired) electrons. The zero-order valence-corrected chi connectivity index (χ0v) is 10.4. The van der Waals surface area contributed by atoms with Gasteiger partial charge in [-0.2, -0.15) is 0 Å². The van der Waals surface area contributed by atoms with Crippen LogP contribution >= 0.6 is 27.7 Å². The summed E-state index contributed by atoms with van der Waals surface area (Å²) in [7, 11) is 0. The van der Waals surface area contributed by atoms with E-state index in [1.54, 1.807) is 11.8 Å². The van der Waals surface area contributed by atoms with Crippen LogP contribution in [0.2, 0.25) is 0 Å².